The summed E-state index contributed by atoms with van der Waals surface area (Å²) in [4.78, 5) is 10.9. The fourth-order valence-corrected chi connectivity index (χ4v) is 2.79. The van der Waals surface area contributed by atoms with Gasteiger partial charge in [-0.15, -0.1) is 0 Å². The van der Waals surface area contributed by atoms with Crippen LogP contribution in [-0.4, -0.2) is 26.9 Å². The van der Waals surface area contributed by atoms with Crippen molar-refractivity contribution in [3.05, 3.63) is 16.4 Å². The molecule has 5 nitrogen and oxygen atoms in total. The standard InChI is InChI=1S/C11H16BrN3O2/c1-6(2)15-10(7(12)5-13-15)8-3-4-9(14-8)11(16)17/h5-6,8-9,14H,3-4H2,1-2H3,(H,16,17). The van der Waals surface area contributed by atoms with Crippen molar-refractivity contribution in [2.45, 2.75) is 44.8 Å². The van der Waals surface area contributed by atoms with Gasteiger partial charge in [-0.05, 0) is 42.6 Å². The van der Waals surface area contributed by atoms with E-state index >= 15 is 0 Å². The highest BCUT2D eigenvalue weighted by Gasteiger charge is 2.33. The molecule has 2 rings (SSSR count). The van der Waals surface area contributed by atoms with Gasteiger partial charge in [0.15, 0.2) is 0 Å². The molecular weight excluding hydrogens is 286 g/mol. The van der Waals surface area contributed by atoms with Crippen LogP contribution in [0.4, 0.5) is 0 Å². The number of halogens is 1. The molecule has 2 atom stereocenters. The lowest BCUT2D eigenvalue weighted by molar-refractivity contribution is -0.139. The molecule has 1 aromatic heterocycles. The van der Waals surface area contributed by atoms with Crippen molar-refractivity contribution in [2.75, 3.05) is 0 Å². The summed E-state index contributed by atoms with van der Waals surface area (Å²) in [5.41, 5.74) is 1.05. The first-order valence-corrected chi connectivity index (χ1v) is 6.51. The Morgan fingerprint density at radius 2 is 2.35 bits per heavy atom. The van der Waals surface area contributed by atoms with Crippen LogP contribution in [0.25, 0.3) is 0 Å². The Kier molecular flexibility index (Phi) is 3.53. The molecule has 0 aliphatic carbocycles. The Bertz CT molecular complexity index is 430. The second kappa shape index (κ2) is 4.78. The van der Waals surface area contributed by atoms with Gasteiger partial charge in [0.2, 0.25) is 0 Å². The van der Waals surface area contributed by atoms with Gasteiger partial charge in [-0.25, -0.2) is 0 Å². The van der Waals surface area contributed by atoms with Crippen molar-refractivity contribution < 1.29 is 9.90 Å². The molecule has 1 aliphatic heterocycles. The second-order valence-corrected chi connectivity index (χ2v) is 5.46. The van der Waals surface area contributed by atoms with Crippen LogP contribution in [0.3, 0.4) is 0 Å². The van der Waals surface area contributed by atoms with Crippen LogP contribution in [0, 0.1) is 0 Å². The van der Waals surface area contributed by atoms with Crippen LogP contribution in [0.2, 0.25) is 0 Å². The average Bonchev–Trinajstić information content (AvgIpc) is 2.82. The van der Waals surface area contributed by atoms with Gasteiger partial charge in [-0.2, -0.15) is 5.10 Å². The summed E-state index contributed by atoms with van der Waals surface area (Å²) in [5.74, 6) is -0.778. The van der Waals surface area contributed by atoms with E-state index in [-0.39, 0.29) is 12.1 Å². The van der Waals surface area contributed by atoms with Gasteiger partial charge in [0.05, 0.1) is 22.4 Å². The van der Waals surface area contributed by atoms with Crippen molar-refractivity contribution in [3.8, 4) is 0 Å². The van der Waals surface area contributed by atoms with E-state index in [0.717, 1.165) is 16.6 Å². The Morgan fingerprint density at radius 1 is 1.65 bits per heavy atom. The molecule has 94 valence electrons. The highest BCUT2D eigenvalue weighted by atomic mass is 79.9. The van der Waals surface area contributed by atoms with E-state index in [0.29, 0.717) is 6.42 Å². The predicted molar refractivity (Wildman–Crippen MR) is 66.8 cm³/mol. The molecule has 0 amide bonds. The number of carboxylic acids is 1. The molecule has 6 heteroatoms. The van der Waals surface area contributed by atoms with E-state index in [1.54, 1.807) is 6.20 Å². The molecule has 0 spiro atoms. The molecule has 1 aromatic rings. The van der Waals surface area contributed by atoms with Gasteiger partial charge in [0, 0.05) is 6.04 Å². The van der Waals surface area contributed by atoms with E-state index in [2.05, 4.69) is 40.2 Å². The summed E-state index contributed by atoms with van der Waals surface area (Å²) >= 11 is 3.48. The minimum atomic E-state index is -0.778. The quantitative estimate of drug-likeness (QED) is 0.897. The van der Waals surface area contributed by atoms with Crippen LogP contribution in [0.5, 0.6) is 0 Å². The molecule has 17 heavy (non-hydrogen) atoms. The monoisotopic (exact) mass is 301 g/mol. The van der Waals surface area contributed by atoms with Gasteiger partial charge < -0.3 is 5.11 Å². The molecule has 2 unspecified atom stereocenters. The van der Waals surface area contributed by atoms with Crippen molar-refractivity contribution in [1.82, 2.24) is 15.1 Å². The molecule has 0 aromatic carbocycles. The third kappa shape index (κ3) is 2.37. The Morgan fingerprint density at radius 3 is 2.88 bits per heavy atom. The molecule has 0 radical (unpaired) electrons. The van der Waals surface area contributed by atoms with Crippen molar-refractivity contribution >= 4 is 21.9 Å². The smallest absolute Gasteiger partial charge is 0.320 e. The number of carboxylic acid groups (broad SMARTS) is 1. The fourth-order valence-electron chi connectivity index (χ4n) is 2.24. The van der Waals surface area contributed by atoms with E-state index in [1.807, 2.05) is 4.68 Å². The van der Waals surface area contributed by atoms with Crippen molar-refractivity contribution in [2.24, 2.45) is 0 Å². The van der Waals surface area contributed by atoms with Gasteiger partial charge in [0.1, 0.15) is 6.04 Å². The first-order chi connectivity index (χ1) is 8.00. The van der Waals surface area contributed by atoms with E-state index in [1.165, 1.54) is 0 Å². The maximum absolute atomic E-state index is 10.9. The van der Waals surface area contributed by atoms with Gasteiger partial charge in [-0.3, -0.25) is 14.8 Å². The Balaban J connectivity index is 2.24. The first-order valence-electron chi connectivity index (χ1n) is 5.72. The number of aromatic nitrogens is 2. The van der Waals surface area contributed by atoms with Crippen LogP contribution in [0.1, 0.15) is 44.5 Å². The minimum Gasteiger partial charge on any atom is -0.480 e. The first kappa shape index (κ1) is 12.6. The molecule has 1 aliphatic rings. The maximum atomic E-state index is 10.9. The summed E-state index contributed by atoms with van der Waals surface area (Å²) in [6.45, 7) is 4.12. The Hall–Kier alpha value is -0.880. The summed E-state index contributed by atoms with van der Waals surface area (Å²) in [5, 5.41) is 16.4. The van der Waals surface area contributed by atoms with Crippen LogP contribution in [0.15, 0.2) is 10.7 Å². The average molecular weight is 302 g/mol. The summed E-state index contributed by atoms with van der Waals surface area (Å²) in [6, 6.07) is -0.111. The lowest BCUT2D eigenvalue weighted by Crippen LogP contribution is -2.32. The number of aliphatic carboxylic acids is 1. The summed E-state index contributed by atoms with van der Waals surface area (Å²) in [7, 11) is 0. The van der Waals surface area contributed by atoms with Crippen LogP contribution >= 0.6 is 15.9 Å². The maximum Gasteiger partial charge on any atom is 0.320 e. The van der Waals surface area contributed by atoms with Crippen LogP contribution < -0.4 is 5.32 Å². The molecule has 1 saturated heterocycles. The number of carbonyl (C=O) groups is 1. The van der Waals surface area contributed by atoms with Crippen LogP contribution in [-0.2, 0) is 4.79 Å². The highest BCUT2D eigenvalue weighted by Crippen LogP contribution is 2.32. The van der Waals surface area contributed by atoms with Gasteiger partial charge in [-0.1, -0.05) is 0 Å². The molecule has 2 heterocycles. The fraction of sp³-hybridized carbons (Fsp3) is 0.636. The highest BCUT2D eigenvalue weighted by molar-refractivity contribution is 9.10. The normalized spacial score (nSPS) is 24.5. The van der Waals surface area contributed by atoms with E-state index in [4.69, 9.17) is 5.11 Å². The van der Waals surface area contributed by atoms with E-state index < -0.39 is 12.0 Å². The zero-order valence-electron chi connectivity index (χ0n) is 9.85. The second-order valence-electron chi connectivity index (χ2n) is 4.60. The van der Waals surface area contributed by atoms with Crippen molar-refractivity contribution in [1.29, 1.82) is 0 Å². The zero-order chi connectivity index (χ0) is 12.6. The molecule has 0 bridgehead atoms. The SMILES string of the molecule is CC(C)n1ncc(Br)c1C1CCC(C(=O)O)N1. The zero-order valence-corrected chi connectivity index (χ0v) is 11.4. The summed E-state index contributed by atoms with van der Waals surface area (Å²) < 4.78 is 2.88. The Labute approximate surface area is 108 Å². The molecular formula is C11H16BrN3O2. The molecule has 1 fully saturated rings. The number of hydrogen-bond acceptors (Lipinski definition) is 3. The minimum absolute atomic E-state index is 0.0652. The van der Waals surface area contributed by atoms with Crippen molar-refractivity contribution in [3.63, 3.8) is 0 Å². The number of rotatable bonds is 3. The predicted octanol–water partition coefficient (Wildman–Crippen LogP) is 2.10. The lowest BCUT2D eigenvalue weighted by atomic mass is 10.1. The third-order valence-corrected chi connectivity index (χ3v) is 3.66. The summed E-state index contributed by atoms with van der Waals surface area (Å²) in [6.07, 6.45) is 3.26. The number of nitrogens with one attached hydrogen (secondary N) is 1. The number of hydrogen-bond donors (Lipinski definition) is 2. The lowest BCUT2D eigenvalue weighted by Gasteiger charge is -2.17. The van der Waals surface area contributed by atoms with Gasteiger partial charge in [0.25, 0.3) is 0 Å². The van der Waals surface area contributed by atoms with Gasteiger partial charge >= 0.3 is 5.97 Å². The molecule has 0 saturated carbocycles. The van der Waals surface area contributed by atoms with E-state index in [9.17, 15) is 4.79 Å². The topological polar surface area (TPSA) is 67.2 Å². The third-order valence-electron chi connectivity index (χ3n) is 3.05. The number of nitrogens with zero attached hydrogens (tertiary/aromatic N) is 2. The molecule has 2 N–H and O–H groups in total. The largest absolute Gasteiger partial charge is 0.480 e.